The van der Waals surface area contributed by atoms with E-state index in [1.165, 1.54) is 11.3 Å². The fourth-order valence-corrected chi connectivity index (χ4v) is 2.84. The second-order valence-corrected chi connectivity index (χ2v) is 6.33. The lowest BCUT2D eigenvalue weighted by Crippen LogP contribution is -2.39. The zero-order chi connectivity index (χ0) is 18.6. The third-order valence-electron chi connectivity index (χ3n) is 4.24. The van der Waals surface area contributed by atoms with Crippen molar-refractivity contribution >= 4 is 11.6 Å². The fourth-order valence-electron chi connectivity index (χ4n) is 2.84. The number of hydrogen-bond acceptors (Lipinski definition) is 3. The van der Waals surface area contributed by atoms with E-state index < -0.39 is 0 Å². The van der Waals surface area contributed by atoms with Crippen molar-refractivity contribution in [3.63, 3.8) is 0 Å². The fraction of sp³-hybridized carbons (Fsp3) is 0.500. The van der Waals surface area contributed by atoms with Gasteiger partial charge in [0, 0.05) is 51.7 Å². The third-order valence-corrected chi connectivity index (χ3v) is 4.24. The first-order valence-corrected chi connectivity index (χ1v) is 9.46. The van der Waals surface area contributed by atoms with Crippen LogP contribution in [0.1, 0.15) is 25.3 Å². The first kappa shape index (κ1) is 19.8. The van der Waals surface area contributed by atoms with Gasteiger partial charge in [-0.15, -0.1) is 0 Å². The molecule has 0 aliphatic carbocycles. The summed E-state index contributed by atoms with van der Waals surface area (Å²) in [6.07, 6.45) is 6.04. The van der Waals surface area contributed by atoms with Gasteiger partial charge in [0.25, 0.3) is 0 Å². The van der Waals surface area contributed by atoms with Gasteiger partial charge in [-0.25, -0.2) is 0 Å². The molecule has 0 saturated heterocycles. The molecule has 0 atom stereocenters. The molecule has 0 radical (unpaired) electrons. The molecular weight excluding hydrogens is 324 g/mol. The number of anilines is 1. The number of guanidine groups is 1. The molecule has 1 heterocycles. The highest BCUT2D eigenvalue weighted by Gasteiger charge is 2.03. The van der Waals surface area contributed by atoms with E-state index in [4.69, 9.17) is 0 Å². The molecule has 0 aliphatic rings. The molecule has 142 valence electrons. The zero-order valence-electron chi connectivity index (χ0n) is 16.3. The van der Waals surface area contributed by atoms with Crippen LogP contribution in [-0.4, -0.2) is 49.0 Å². The van der Waals surface area contributed by atoms with Crippen LogP contribution in [0.4, 0.5) is 5.69 Å². The minimum absolute atomic E-state index is 0.865. The van der Waals surface area contributed by atoms with Gasteiger partial charge in [-0.1, -0.05) is 18.2 Å². The van der Waals surface area contributed by atoms with Crippen LogP contribution in [0.3, 0.4) is 0 Å². The minimum atomic E-state index is 0.865. The van der Waals surface area contributed by atoms with E-state index in [-0.39, 0.29) is 0 Å². The maximum atomic E-state index is 4.30. The number of hydrogen-bond donors (Lipinski definition) is 2. The Kier molecular flexibility index (Phi) is 8.52. The van der Waals surface area contributed by atoms with Gasteiger partial charge < -0.3 is 15.5 Å². The van der Waals surface area contributed by atoms with Crippen LogP contribution >= 0.6 is 0 Å². The lowest BCUT2D eigenvalue weighted by molar-refractivity contribution is 0.569. The second kappa shape index (κ2) is 11.2. The quantitative estimate of drug-likeness (QED) is 0.390. The van der Waals surface area contributed by atoms with Gasteiger partial charge in [0.1, 0.15) is 0 Å². The number of aliphatic imine (C=N–C) groups is 1. The molecule has 26 heavy (non-hydrogen) atoms. The predicted molar refractivity (Wildman–Crippen MR) is 110 cm³/mol. The molecule has 2 N–H and O–H groups in total. The van der Waals surface area contributed by atoms with Gasteiger partial charge in [0.2, 0.25) is 0 Å². The van der Waals surface area contributed by atoms with E-state index in [2.05, 4.69) is 76.0 Å². The van der Waals surface area contributed by atoms with Gasteiger partial charge >= 0.3 is 0 Å². The Morgan fingerprint density at radius 1 is 1.15 bits per heavy atom. The number of aromatic nitrogens is 2. The second-order valence-electron chi connectivity index (χ2n) is 6.33. The van der Waals surface area contributed by atoms with E-state index in [0.717, 1.165) is 51.5 Å². The maximum Gasteiger partial charge on any atom is 0.190 e. The number of benzene rings is 1. The van der Waals surface area contributed by atoms with Gasteiger partial charge in [-0.05, 0) is 44.4 Å². The van der Waals surface area contributed by atoms with Crippen LogP contribution in [-0.2, 0) is 6.54 Å². The van der Waals surface area contributed by atoms with Crippen LogP contribution in [0.2, 0.25) is 0 Å². The highest BCUT2D eigenvalue weighted by molar-refractivity contribution is 5.79. The molecule has 0 amide bonds. The molecule has 0 unspecified atom stereocenters. The van der Waals surface area contributed by atoms with Gasteiger partial charge in [-0.2, -0.15) is 5.10 Å². The molecule has 0 spiro atoms. The summed E-state index contributed by atoms with van der Waals surface area (Å²) in [6.45, 7) is 9.01. The average molecular weight is 357 g/mol. The van der Waals surface area contributed by atoms with Crippen LogP contribution in [0, 0.1) is 6.92 Å². The van der Waals surface area contributed by atoms with Crippen LogP contribution in [0.15, 0.2) is 47.7 Å². The van der Waals surface area contributed by atoms with Crippen molar-refractivity contribution in [1.29, 1.82) is 0 Å². The molecule has 0 aliphatic heterocycles. The molecular formula is C20H32N6. The van der Waals surface area contributed by atoms with Crippen molar-refractivity contribution < 1.29 is 0 Å². The Balaban J connectivity index is 1.60. The third kappa shape index (κ3) is 6.78. The number of rotatable bonds is 10. The van der Waals surface area contributed by atoms with Crippen molar-refractivity contribution in [2.24, 2.45) is 4.99 Å². The normalized spacial score (nSPS) is 11.4. The number of nitrogens with zero attached hydrogens (tertiary/aromatic N) is 4. The van der Waals surface area contributed by atoms with Crippen molar-refractivity contribution in [2.45, 2.75) is 33.2 Å². The summed E-state index contributed by atoms with van der Waals surface area (Å²) >= 11 is 0. The molecule has 2 rings (SSSR count). The van der Waals surface area contributed by atoms with E-state index in [9.17, 15) is 0 Å². The van der Waals surface area contributed by atoms with Crippen LogP contribution in [0.25, 0.3) is 0 Å². The Hall–Kier alpha value is -2.50. The Morgan fingerprint density at radius 3 is 2.50 bits per heavy atom. The van der Waals surface area contributed by atoms with Crippen molar-refractivity contribution in [1.82, 2.24) is 20.4 Å². The highest BCUT2D eigenvalue weighted by atomic mass is 15.3. The minimum Gasteiger partial charge on any atom is -0.372 e. The molecule has 1 aromatic heterocycles. The first-order chi connectivity index (χ1) is 12.7. The maximum absolute atomic E-state index is 4.30. The zero-order valence-corrected chi connectivity index (χ0v) is 16.3. The Morgan fingerprint density at radius 2 is 1.88 bits per heavy atom. The number of nitrogens with one attached hydrogen (secondary N) is 2. The van der Waals surface area contributed by atoms with E-state index in [1.54, 1.807) is 0 Å². The Bertz CT molecular complexity index is 649. The first-order valence-electron chi connectivity index (χ1n) is 9.46. The molecule has 0 saturated carbocycles. The Labute approximate surface area is 157 Å². The van der Waals surface area contributed by atoms with E-state index in [1.807, 2.05) is 17.9 Å². The van der Waals surface area contributed by atoms with Crippen molar-refractivity contribution in [3.05, 3.63) is 48.3 Å². The molecule has 0 bridgehead atoms. The van der Waals surface area contributed by atoms with Gasteiger partial charge in [0.05, 0.1) is 6.20 Å². The summed E-state index contributed by atoms with van der Waals surface area (Å²) < 4.78 is 1.98. The summed E-state index contributed by atoms with van der Waals surface area (Å²) in [5.41, 5.74) is 2.48. The number of para-hydroxylation sites is 1. The molecule has 6 nitrogen and oxygen atoms in total. The summed E-state index contributed by atoms with van der Waals surface area (Å²) in [5, 5.41) is 11.1. The lowest BCUT2D eigenvalue weighted by atomic mass is 10.2. The standard InChI is InChI=1S/C20H32N6/c1-4-25(19-10-6-5-7-11-19)14-8-12-22-20(21-3)23-13-9-15-26-17-18(2)16-24-26/h5-7,10-11,16-17H,4,8-9,12-15H2,1-3H3,(H2,21,22,23). The molecule has 2 aromatic rings. The molecule has 6 heteroatoms. The van der Waals surface area contributed by atoms with Crippen LogP contribution < -0.4 is 15.5 Å². The number of aryl methyl sites for hydroxylation is 2. The predicted octanol–water partition coefficient (Wildman–Crippen LogP) is 2.66. The van der Waals surface area contributed by atoms with Gasteiger partial charge in [-0.3, -0.25) is 9.67 Å². The van der Waals surface area contributed by atoms with Crippen LogP contribution in [0.5, 0.6) is 0 Å². The highest BCUT2D eigenvalue weighted by Crippen LogP contribution is 2.12. The average Bonchev–Trinajstić information content (AvgIpc) is 3.09. The lowest BCUT2D eigenvalue weighted by Gasteiger charge is -2.23. The van der Waals surface area contributed by atoms with Crippen molar-refractivity contribution in [2.75, 3.05) is 38.1 Å². The molecule has 1 aromatic carbocycles. The SMILES string of the molecule is CCN(CCCNC(=NC)NCCCn1cc(C)cn1)c1ccccc1. The summed E-state index contributed by atoms with van der Waals surface area (Å²) in [5.74, 6) is 0.865. The smallest absolute Gasteiger partial charge is 0.190 e. The summed E-state index contributed by atoms with van der Waals surface area (Å²) in [4.78, 5) is 6.68. The monoisotopic (exact) mass is 356 g/mol. The van der Waals surface area contributed by atoms with E-state index >= 15 is 0 Å². The largest absolute Gasteiger partial charge is 0.372 e. The summed E-state index contributed by atoms with van der Waals surface area (Å²) in [6, 6.07) is 10.6. The topological polar surface area (TPSA) is 57.5 Å². The van der Waals surface area contributed by atoms with Crippen molar-refractivity contribution in [3.8, 4) is 0 Å². The molecule has 0 fully saturated rings. The van der Waals surface area contributed by atoms with E-state index in [0.29, 0.717) is 0 Å². The van der Waals surface area contributed by atoms with Gasteiger partial charge in [0.15, 0.2) is 5.96 Å². The summed E-state index contributed by atoms with van der Waals surface area (Å²) in [7, 11) is 1.81.